The van der Waals surface area contributed by atoms with Gasteiger partial charge in [-0.15, -0.1) is 0 Å². The number of rotatable bonds is 5. The lowest BCUT2D eigenvalue weighted by atomic mass is 9.84. The van der Waals surface area contributed by atoms with E-state index >= 15 is 0 Å². The van der Waals surface area contributed by atoms with Gasteiger partial charge in [0, 0.05) is 12.5 Å². The van der Waals surface area contributed by atoms with E-state index in [1.54, 1.807) is 0 Å². The van der Waals surface area contributed by atoms with Crippen molar-refractivity contribution in [1.29, 1.82) is 0 Å². The van der Waals surface area contributed by atoms with Crippen LogP contribution in [0.2, 0.25) is 0 Å². The molecule has 0 radical (unpaired) electrons. The van der Waals surface area contributed by atoms with Crippen LogP contribution in [0.1, 0.15) is 64.2 Å². The number of nitrogens with one attached hydrogen (secondary N) is 1. The maximum atomic E-state index is 11.9. The zero-order valence-electron chi connectivity index (χ0n) is 11.6. The van der Waals surface area contributed by atoms with Gasteiger partial charge in [0.15, 0.2) is 0 Å². The second kappa shape index (κ2) is 6.92. The van der Waals surface area contributed by atoms with Gasteiger partial charge < -0.3 is 10.4 Å². The van der Waals surface area contributed by atoms with E-state index in [4.69, 9.17) is 0 Å². The highest BCUT2D eigenvalue weighted by atomic mass is 16.4. The Bertz CT molecular complexity index is 323. The summed E-state index contributed by atoms with van der Waals surface area (Å²) in [6.07, 6.45) is 10.1. The molecular weight excluding hydrogens is 242 g/mol. The summed E-state index contributed by atoms with van der Waals surface area (Å²) in [6, 6.07) is -0.151. The molecule has 108 valence electrons. The highest BCUT2D eigenvalue weighted by Gasteiger charge is 2.31. The fourth-order valence-electron chi connectivity index (χ4n) is 3.51. The van der Waals surface area contributed by atoms with Crippen LogP contribution in [0, 0.1) is 11.8 Å². The van der Waals surface area contributed by atoms with Gasteiger partial charge in [0.2, 0.25) is 5.91 Å². The van der Waals surface area contributed by atoms with Crippen molar-refractivity contribution in [3.05, 3.63) is 0 Å². The molecule has 0 heterocycles. The topological polar surface area (TPSA) is 66.4 Å². The fourth-order valence-corrected chi connectivity index (χ4v) is 3.51. The number of carbonyl (C=O) groups is 2. The number of aliphatic carboxylic acids is 1. The highest BCUT2D eigenvalue weighted by molar-refractivity contribution is 5.78. The molecule has 2 rings (SSSR count). The smallest absolute Gasteiger partial charge is 0.308 e. The van der Waals surface area contributed by atoms with Gasteiger partial charge in [0.05, 0.1) is 5.92 Å². The van der Waals surface area contributed by atoms with Gasteiger partial charge >= 0.3 is 5.97 Å². The first-order chi connectivity index (χ1) is 9.16. The van der Waals surface area contributed by atoms with E-state index in [1.165, 1.54) is 25.7 Å². The zero-order valence-corrected chi connectivity index (χ0v) is 11.6. The molecular formula is C15H25NO3. The van der Waals surface area contributed by atoms with Crippen LogP contribution in [-0.2, 0) is 9.59 Å². The van der Waals surface area contributed by atoms with Crippen molar-refractivity contribution in [3.8, 4) is 0 Å². The third-order valence-corrected chi connectivity index (χ3v) is 4.68. The molecule has 2 N–H and O–H groups in total. The van der Waals surface area contributed by atoms with Crippen molar-refractivity contribution in [2.45, 2.75) is 70.3 Å². The standard InChI is InChI=1S/C15H25NO3/c17-14(10-9-11-5-1-2-6-11)16-13-8-4-3-7-12(13)15(18)19/h11-13H,1-10H2,(H,16,17)(H,18,19). The van der Waals surface area contributed by atoms with Gasteiger partial charge in [0.25, 0.3) is 0 Å². The third-order valence-electron chi connectivity index (χ3n) is 4.68. The van der Waals surface area contributed by atoms with Crippen molar-refractivity contribution < 1.29 is 14.7 Å². The maximum Gasteiger partial charge on any atom is 0.308 e. The SMILES string of the molecule is O=C(CCC1CCCC1)NC1CCCCC1C(=O)O. The predicted octanol–water partition coefficient (Wildman–Crippen LogP) is 2.72. The van der Waals surface area contributed by atoms with Crippen LogP contribution in [0.25, 0.3) is 0 Å². The molecule has 0 saturated heterocycles. The van der Waals surface area contributed by atoms with Gasteiger partial charge in [-0.2, -0.15) is 0 Å². The first-order valence-electron chi connectivity index (χ1n) is 7.69. The summed E-state index contributed by atoms with van der Waals surface area (Å²) in [6.45, 7) is 0. The van der Waals surface area contributed by atoms with Crippen LogP contribution >= 0.6 is 0 Å². The monoisotopic (exact) mass is 267 g/mol. The van der Waals surface area contributed by atoms with E-state index < -0.39 is 5.97 Å². The van der Waals surface area contributed by atoms with Crippen LogP contribution in [0.4, 0.5) is 0 Å². The number of carboxylic acids is 1. The van der Waals surface area contributed by atoms with E-state index in [0.717, 1.165) is 25.7 Å². The molecule has 2 atom stereocenters. The molecule has 2 aliphatic rings. The van der Waals surface area contributed by atoms with Crippen LogP contribution in [0.3, 0.4) is 0 Å². The molecule has 19 heavy (non-hydrogen) atoms. The Hall–Kier alpha value is -1.06. The molecule has 2 saturated carbocycles. The molecule has 2 fully saturated rings. The number of carboxylic acid groups (broad SMARTS) is 1. The molecule has 0 aliphatic heterocycles. The summed E-state index contributed by atoms with van der Waals surface area (Å²) < 4.78 is 0. The van der Waals surface area contributed by atoms with Crippen molar-refractivity contribution in [1.82, 2.24) is 5.32 Å². The molecule has 2 unspecified atom stereocenters. The normalized spacial score (nSPS) is 28.2. The fraction of sp³-hybridized carbons (Fsp3) is 0.867. The van der Waals surface area contributed by atoms with Gasteiger partial charge in [-0.05, 0) is 25.2 Å². The van der Waals surface area contributed by atoms with E-state index in [1.807, 2.05) is 0 Å². The van der Waals surface area contributed by atoms with Crippen LogP contribution in [0.5, 0.6) is 0 Å². The molecule has 0 spiro atoms. The number of carbonyl (C=O) groups excluding carboxylic acids is 1. The molecule has 2 aliphatic carbocycles. The summed E-state index contributed by atoms with van der Waals surface area (Å²) in [5.74, 6) is -0.387. The number of hydrogen-bond acceptors (Lipinski definition) is 2. The number of hydrogen-bond donors (Lipinski definition) is 2. The van der Waals surface area contributed by atoms with Crippen molar-refractivity contribution >= 4 is 11.9 Å². The van der Waals surface area contributed by atoms with Crippen LogP contribution in [0.15, 0.2) is 0 Å². The Kier molecular flexibility index (Phi) is 5.23. The Morgan fingerprint density at radius 1 is 1.00 bits per heavy atom. The summed E-state index contributed by atoms with van der Waals surface area (Å²) >= 11 is 0. The van der Waals surface area contributed by atoms with E-state index in [9.17, 15) is 14.7 Å². The average Bonchev–Trinajstić information content (AvgIpc) is 2.90. The highest BCUT2D eigenvalue weighted by Crippen LogP contribution is 2.29. The van der Waals surface area contributed by atoms with Crippen LogP contribution in [-0.4, -0.2) is 23.0 Å². The Labute approximate surface area is 115 Å². The minimum absolute atomic E-state index is 0.0463. The number of amides is 1. The second-order valence-corrected chi connectivity index (χ2v) is 6.09. The first-order valence-corrected chi connectivity index (χ1v) is 7.69. The molecule has 4 nitrogen and oxygen atoms in total. The molecule has 0 aromatic carbocycles. The molecule has 4 heteroatoms. The summed E-state index contributed by atoms with van der Waals surface area (Å²) in [5, 5.41) is 12.1. The molecule has 1 amide bonds. The first kappa shape index (κ1) is 14.4. The van der Waals surface area contributed by atoms with Gasteiger partial charge in [-0.25, -0.2) is 0 Å². The van der Waals surface area contributed by atoms with Crippen LogP contribution < -0.4 is 5.32 Å². The Balaban J connectivity index is 1.74. The lowest BCUT2D eigenvalue weighted by molar-refractivity contribution is -0.144. The third kappa shape index (κ3) is 4.22. The van der Waals surface area contributed by atoms with E-state index in [2.05, 4.69) is 5.32 Å². The van der Waals surface area contributed by atoms with Crippen molar-refractivity contribution in [2.24, 2.45) is 11.8 Å². The Morgan fingerprint density at radius 2 is 1.63 bits per heavy atom. The summed E-state index contributed by atoms with van der Waals surface area (Å²) in [5.41, 5.74) is 0. The molecule has 0 bridgehead atoms. The van der Waals surface area contributed by atoms with Crippen molar-refractivity contribution in [2.75, 3.05) is 0 Å². The second-order valence-electron chi connectivity index (χ2n) is 6.09. The zero-order chi connectivity index (χ0) is 13.7. The lowest BCUT2D eigenvalue weighted by Crippen LogP contribution is -2.45. The van der Waals surface area contributed by atoms with Gasteiger partial charge in [-0.1, -0.05) is 38.5 Å². The molecule has 0 aromatic heterocycles. The quantitative estimate of drug-likeness (QED) is 0.805. The Morgan fingerprint density at radius 3 is 2.32 bits per heavy atom. The minimum atomic E-state index is -0.763. The largest absolute Gasteiger partial charge is 0.481 e. The van der Waals surface area contributed by atoms with Gasteiger partial charge in [0.1, 0.15) is 0 Å². The van der Waals surface area contributed by atoms with E-state index in [0.29, 0.717) is 18.8 Å². The maximum absolute atomic E-state index is 11.9. The lowest BCUT2D eigenvalue weighted by Gasteiger charge is -2.29. The van der Waals surface area contributed by atoms with Gasteiger partial charge in [-0.3, -0.25) is 9.59 Å². The summed E-state index contributed by atoms with van der Waals surface area (Å²) in [7, 11) is 0. The minimum Gasteiger partial charge on any atom is -0.481 e. The molecule has 0 aromatic rings. The summed E-state index contributed by atoms with van der Waals surface area (Å²) in [4.78, 5) is 23.1. The predicted molar refractivity (Wildman–Crippen MR) is 72.7 cm³/mol. The van der Waals surface area contributed by atoms with Crippen molar-refractivity contribution in [3.63, 3.8) is 0 Å². The average molecular weight is 267 g/mol. The van der Waals surface area contributed by atoms with E-state index in [-0.39, 0.29) is 17.9 Å².